The van der Waals surface area contributed by atoms with Gasteiger partial charge < -0.3 is 4.90 Å². The first-order valence-electron chi connectivity index (χ1n) is 7.61. The van der Waals surface area contributed by atoms with Crippen molar-refractivity contribution in [3.05, 3.63) is 69.9 Å². The molecule has 0 spiro atoms. The van der Waals surface area contributed by atoms with Gasteiger partial charge >= 0.3 is 0 Å². The van der Waals surface area contributed by atoms with Gasteiger partial charge in [0.25, 0.3) is 0 Å². The highest BCUT2D eigenvalue weighted by Crippen LogP contribution is 2.25. The second-order valence-electron chi connectivity index (χ2n) is 5.75. The molecule has 4 rings (SSSR count). The Bertz CT molecular complexity index is 831. The first-order chi connectivity index (χ1) is 10.8. The van der Waals surface area contributed by atoms with Crippen molar-refractivity contribution in [3.63, 3.8) is 0 Å². The lowest BCUT2D eigenvalue weighted by Crippen LogP contribution is -2.36. The van der Waals surface area contributed by atoms with Gasteiger partial charge in [0, 0.05) is 18.0 Å². The van der Waals surface area contributed by atoms with Crippen LogP contribution < -0.4 is 0 Å². The molecule has 0 unspecified atom stereocenters. The lowest BCUT2D eigenvalue weighted by molar-refractivity contribution is -0.131. The van der Waals surface area contributed by atoms with Gasteiger partial charge in [-0.2, -0.15) is 0 Å². The van der Waals surface area contributed by atoms with Gasteiger partial charge in [-0.15, -0.1) is 11.3 Å². The maximum Gasteiger partial charge on any atom is 0.227 e. The number of hydrogen-bond donors (Lipinski definition) is 0. The van der Waals surface area contributed by atoms with Gasteiger partial charge in [-0.25, -0.2) is 0 Å². The van der Waals surface area contributed by atoms with Crippen molar-refractivity contribution in [2.45, 2.75) is 19.4 Å². The normalized spacial score (nSPS) is 14.1. The van der Waals surface area contributed by atoms with Crippen molar-refractivity contribution in [3.8, 4) is 0 Å². The summed E-state index contributed by atoms with van der Waals surface area (Å²) in [6.07, 6.45) is 1.48. The molecule has 1 amide bonds. The van der Waals surface area contributed by atoms with E-state index in [4.69, 9.17) is 0 Å². The Hall–Kier alpha value is -2.13. The number of fused-ring (bicyclic) bond motifs is 2. The highest BCUT2D eigenvalue weighted by Gasteiger charge is 2.21. The van der Waals surface area contributed by atoms with Gasteiger partial charge in [0.05, 0.1) is 6.42 Å². The molecule has 2 nitrogen and oxygen atoms in total. The van der Waals surface area contributed by atoms with E-state index in [1.165, 1.54) is 21.2 Å². The number of benzene rings is 2. The number of nitrogens with zero attached hydrogens (tertiary/aromatic N) is 1. The zero-order chi connectivity index (χ0) is 14.9. The summed E-state index contributed by atoms with van der Waals surface area (Å²) in [7, 11) is 0. The van der Waals surface area contributed by atoms with Gasteiger partial charge in [-0.1, -0.05) is 42.5 Å². The quantitative estimate of drug-likeness (QED) is 0.700. The zero-order valence-corrected chi connectivity index (χ0v) is 13.1. The molecule has 0 saturated heterocycles. The van der Waals surface area contributed by atoms with Crippen molar-refractivity contribution >= 4 is 28.0 Å². The molecule has 1 aliphatic rings. The maximum atomic E-state index is 12.7. The molecule has 0 bridgehead atoms. The monoisotopic (exact) mass is 307 g/mol. The minimum absolute atomic E-state index is 0.230. The van der Waals surface area contributed by atoms with E-state index in [-0.39, 0.29) is 5.91 Å². The molecule has 0 aliphatic carbocycles. The molecule has 1 aromatic heterocycles. The van der Waals surface area contributed by atoms with E-state index < -0.39 is 0 Å². The fourth-order valence-electron chi connectivity index (χ4n) is 3.18. The number of carbonyl (C=O) groups is 1. The number of thiophene rings is 1. The first-order valence-corrected chi connectivity index (χ1v) is 8.49. The Morgan fingerprint density at radius 3 is 2.91 bits per heavy atom. The molecular weight excluding hydrogens is 290 g/mol. The van der Waals surface area contributed by atoms with E-state index >= 15 is 0 Å². The number of amides is 1. The van der Waals surface area contributed by atoms with Crippen LogP contribution in [0.25, 0.3) is 10.8 Å². The van der Waals surface area contributed by atoms with Crippen LogP contribution in [0.5, 0.6) is 0 Å². The molecule has 3 aromatic rings. The van der Waals surface area contributed by atoms with E-state index in [0.29, 0.717) is 6.42 Å². The van der Waals surface area contributed by atoms with E-state index in [9.17, 15) is 4.79 Å². The average Bonchev–Trinajstić information content (AvgIpc) is 3.02. The highest BCUT2D eigenvalue weighted by atomic mass is 32.1. The highest BCUT2D eigenvalue weighted by molar-refractivity contribution is 7.10. The van der Waals surface area contributed by atoms with Crippen LogP contribution in [0.15, 0.2) is 53.9 Å². The Balaban J connectivity index is 1.57. The maximum absolute atomic E-state index is 12.7. The van der Waals surface area contributed by atoms with Crippen molar-refractivity contribution in [2.24, 2.45) is 0 Å². The minimum Gasteiger partial charge on any atom is -0.338 e. The van der Waals surface area contributed by atoms with E-state index in [1.807, 2.05) is 34.4 Å². The molecule has 1 aliphatic heterocycles. The van der Waals surface area contributed by atoms with Gasteiger partial charge in [0.1, 0.15) is 0 Å². The molecule has 2 heterocycles. The lowest BCUT2D eigenvalue weighted by Gasteiger charge is -2.27. The SMILES string of the molecule is O=C(Cc1cccc2ccccc12)N1CCc2sccc2C1. The topological polar surface area (TPSA) is 20.3 Å². The molecule has 2 aromatic carbocycles. The Morgan fingerprint density at radius 2 is 1.95 bits per heavy atom. The summed E-state index contributed by atoms with van der Waals surface area (Å²) in [5.41, 5.74) is 2.45. The molecule has 22 heavy (non-hydrogen) atoms. The summed E-state index contributed by atoms with van der Waals surface area (Å²) in [5.74, 6) is 0.230. The summed E-state index contributed by atoms with van der Waals surface area (Å²) in [6, 6.07) is 16.6. The molecular formula is C19H17NOS. The Morgan fingerprint density at radius 1 is 1.09 bits per heavy atom. The summed E-state index contributed by atoms with van der Waals surface area (Å²) in [4.78, 5) is 16.1. The van der Waals surface area contributed by atoms with Crippen molar-refractivity contribution < 1.29 is 4.79 Å². The molecule has 0 fully saturated rings. The largest absolute Gasteiger partial charge is 0.338 e. The molecule has 0 atom stereocenters. The summed E-state index contributed by atoms with van der Waals surface area (Å²) >= 11 is 1.81. The van der Waals surface area contributed by atoms with Crippen molar-refractivity contribution in [1.82, 2.24) is 4.90 Å². The standard InChI is InChI=1S/C19H17NOS/c21-19(20-10-8-18-16(13-20)9-11-22-18)12-15-6-3-5-14-4-1-2-7-17(14)15/h1-7,9,11H,8,10,12-13H2. The fraction of sp³-hybridized carbons (Fsp3) is 0.211. The number of hydrogen-bond acceptors (Lipinski definition) is 2. The van der Waals surface area contributed by atoms with Crippen LogP contribution in [0, 0.1) is 0 Å². The van der Waals surface area contributed by atoms with Gasteiger partial charge in [0.2, 0.25) is 5.91 Å². The van der Waals surface area contributed by atoms with Crippen LogP contribution in [0.1, 0.15) is 16.0 Å². The van der Waals surface area contributed by atoms with Crippen LogP contribution >= 0.6 is 11.3 Å². The average molecular weight is 307 g/mol. The van der Waals surface area contributed by atoms with Crippen LogP contribution in [-0.2, 0) is 24.2 Å². The molecule has 0 radical (unpaired) electrons. The summed E-state index contributed by atoms with van der Waals surface area (Å²) < 4.78 is 0. The molecule has 3 heteroatoms. The van der Waals surface area contributed by atoms with Crippen LogP contribution in [0.2, 0.25) is 0 Å². The van der Waals surface area contributed by atoms with Crippen molar-refractivity contribution in [2.75, 3.05) is 6.54 Å². The number of carbonyl (C=O) groups excluding carboxylic acids is 1. The number of rotatable bonds is 2. The fourth-order valence-corrected chi connectivity index (χ4v) is 4.07. The third kappa shape index (κ3) is 2.42. The molecule has 0 saturated carbocycles. The van der Waals surface area contributed by atoms with E-state index in [0.717, 1.165) is 25.1 Å². The van der Waals surface area contributed by atoms with Gasteiger partial charge in [-0.05, 0) is 39.8 Å². The van der Waals surface area contributed by atoms with Gasteiger partial charge in [0.15, 0.2) is 0 Å². The second-order valence-corrected chi connectivity index (χ2v) is 6.75. The smallest absolute Gasteiger partial charge is 0.227 e. The van der Waals surface area contributed by atoms with Crippen LogP contribution in [0.4, 0.5) is 0 Å². The van der Waals surface area contributed by atoms with Crippen molar-refractivity contribution in [1.29, 1.82) is 0 Å². The minimum atomic E-state index is 0.230. The van der Waals surface area contributed by atoms with Crippen LogP contribution in [0.3, 0.4) is 0 Å². The summed E-state index contributed by atoms with van der Waals surface area (Å²) in [6.45, 7) is 1.61. The molecule has 110 valence electrons. The van der Waals surface area contributed by atoms with E-state index in [1.54, 1.807) is 0 Å². The second kappa shape index (κ2) is 5.58. The van der Waals surface area contributed by atoms with Crippen LogP contribution in [-0.4, -0.2) is 17.4 Å². The van der Waals surface area contributed by atoms with E-state index in [2.05, 4.69) is 35.7 Å². The third-order valence-corrected chi connectivity index (χ3v) is 5.40. The first kappa shape index (κ1) is 13.5. The predicted molar refractivity (Wildman–Crippen MR) is 91.1 cm³/mol. The lowest BCUT2D eigenvalue weighted by atomic mass is 10.0. The molecule has 0 N–H and O–H groups in total. The summed E-state index contributed by atoms with van der Waals surface area (Å²) in [5, 5.41) is 4.52. The Labute approximate surface area is 134 Å². The Kier molecular flexibility index (Phi) is 3.43. The predicted octanol–water partition coefficient (Wildman–Crippen LogP) is 4.03. The zero-order valence-electron chi connectivity index (χ0n) is 12.3. The third-order valence-electron chi connectivity index (χ3n) is 4.38. The van der Waals surface area contributed by atoms with Gasteiger partial charge in [-0.3, -0.25) is 4.79 Å².